The number of hydrogen-bond donors (Lipinski definition) is 0. The lowest BCUT2D eigenvalue weighted by Gasteiger charge is -2.27. The van der Waals surface area contributed by atoms with Gasteiger partial charge in [0.2, 0.25) is 5.91 Å². The fourth-order valence-electron chi connectivity index (χ4n) is 3.25. The Kier molecular flexibility index (Phi) is 5.43. The molecule has 2 fully saturated rings. The van der Waals surface area contributed by atoms with Gasteiger partial charge in [-0.15, -0.1) is 0 Å². The number of carbonyl (C=O) groups is 1. The van der Waals surface area contributed by atoms with E-state index < -0.39 is 9.84 Å². The van der Waals surface area contributed by atoms with Crippen molar-refractivity contribution in [1.82, 2.24) is 9.80 Å². The summed E-state index contributed by atoms with van der Waals surface area (Å²) in [6, 6.07) is 0.709. The van der Waals surface area contributed by atoms with Crippen LogP contribution in [0.15, 0.2) is 0 Å². The minimum Gasteiger partial charge on any atom is -0.341 e. The van der Waals surface area contributed by atoms with Crippen molar-refractivity contribution in [2.45, 2.75) is 44.6 Å². The van der Waals surface area contributed by atoms with Gasteiger partial charge in [-0.1, -0.05) is 12.8 Å². The van der Waals surface area contributed by atoms with Crippen LogP contribution >= 0.6 is 0 Å². The van der Waals surface area contributed by atoms with E-state index in [-0.39, 0.29) is 18.1 Å². The van der Waals surface area contributed by atoms with Gasteiger partial charge in [0, 0.05) is 44.9 Å². The Balaban J connectivity index is 1.81. The van der Waals surface area contributed by atoms with Crippen LogP contribution in [0.2, 0.25) is 0 Å². The first kappa shape index (κ1) is 15.8. The van der Waals surface area contributed by atoms with E-state index in [4.69, 9.17) is 0 Å². The maximum absolute atomic E-state index is 12.1. The SMILES string of the molecule is CS(=O)(=O)CCC(=O)N1CCCN(C2CCCC2)CC1. The maximum Gasteiger partial charge on any atom is 0.223 e. The predicted molar refractivity (Wildman–Crippen MR) is 79.4 cm³/mol. The fraction of sp³-hybridized carbons (Fsp3) is 0.929. The molecule has 0 aromatic rings. The first-order chi connectivity index (χ1) is 9.46. The van der Waals surface area contributed by atoms with Gasteiger partial charge >= 0.3 is 0 Å². The third-order valence-electron chi connectivity index (χ3n) is 4.41. The molecule has 0 spiro atoms. The molecule has 116 valence electrons. The van der Waals surface area contributed by atoms with Gasteiger partial charge < -0.3 is 4.90 Å². The van der Waals surface area contributed by atoms with Gasteiger partial charge in [0.25, 0.3) is 0 Å². The van der Waals surface area contributed by atoms with E-state index in [1.807, 2.05) is 4.90 Å². The molecule has 0 N–H and O–H groups in total. The van der Waals surface area contributed by atoms with Crippen LogP contribution in [0.3, 0.4) is 0 Å². The summed E-state index contributed by atoms with van der Waals surface area (Å²) in [4.78, 5) is 16.4. The number of carbonyl (C=O) groups excluding carboxylic acids is 1. The third kappa shape index (κ3) is 4.74. The van der Waals surface area contributed by atoms with E-state index in [9.17, 15) is 13.2 Å². The van der Waals surface area contributed by atoms with Crippen molar-refractivity contribution < 1.29 is 13.2 Å². The molecule has 0 atom stereocenters. The van der Waals surface area contributed by atoms with Crippen LogP contribution in [0.25, 0.3) is 0 Å². The summed E-state index contributed by atoms with van der Waals surface area (Å²) >= 11 is 0. The molecule has 0 aromatic carbocycles. The van der Waals surface area contributed by atoms with Crippen LogP contribution in [0.4, 0.5) is 0 Å². The van der Waals surface area contributed by atoms with E-state index >= 15 is 0 Å². The summed E-state index contributed by atoms with van der Waals surface area (Å²) in [7, 11) is -3.05. The predicted octanol–water partition coefficient (Wildman–Crippen LogP) is 0.898. The van der Waals surface area contributed by atoms with Crippen molar-refractivity contribution in [2.24, 2.45) is 0 Å². The smallest absolute Gasteiger partial charge is 0.223 e. The number of hydrogen-bond acceptors (Lipinski definition) is 4. The van der Waals surface area contributed by atoms with Crippen LogP contribution in [0.1, 0.15) is 38.5 Å². The summed E-state index contributed by atoms with van der Waals surface area (Å²) in [5, 5.41) is 0. The number of nitrogens with zero attached hydrogens (tertiary/aromatic N) is 2. The van der Waals surface area contributed by atoms with Gasteiger partial charge in [0.05, 0.1) is 5.75 Å². The molecule has 6 heteroatoms. The van der Waals surface area contributed by atoms with Crippen molar-refractivity contribution in [3.8, 4) is 0 Å². The summed E-state index contributed by atoms with van der Waals surface area (Å²) in [5.41, 5.74) is 0. The first-order valence-electron chi connectivity index (χ1n) is 7.65. The van der Waals surface area contributed by atoms with Crippen molar-refractivity contribution in [2.75, 3.05) is 38.2 Å². The van der Waals surface area contributed by atoms with Gasteiger partial charge in [0.1, 0.15) is 9.84 Å². The Hall–Kier alpha value is -0.620. The Morgan fingerprint density at radius 2 is 1.75 bits per heavy atom. The Labute approximate surface area is 122 Å². The zero-order chi connectivity index (χ0) is 14.6. The largest absolute Gasteiger partial charge is 0.341 e. The molecule has 1 amide bonds. The Bertz CT molecular complexity index is 430. The number of rotatable bonds is 4. The van der Waals surface area contributed by atoms with Crippen LogP contribution in [0, 0.1) is 0 Å². The maximum atomic E-state index is 12.1. The lowest BCUT2D eigenvalue weighted by atomic mass is 10.2. The van der Waals surface area contributed by atoms with Crippen molar-refractivity contribution in [3.05, 3.63) is 0 Å². The molecular weight excluding hydrogens is 276 g/mol. The quantitative estimate of drug-likeness (QED) is 0.774. The van der Waals surface area contributed by atoms with E-state index in [1.165, 1.54) is 31.9 Å². The standard InChI is InChI=1S/C14H26N2O3S/c1-20(18,19)12-7-14(17)16-9-4-8-15(10-11-16)13-5-2-3-6-13/h13H,2-12H2,1H3. The second-order valence-corrected chi connectivity index (χ2v) is 8.35. The molecule has 0 aromatic heterocycles. The summed E-state index contributed by atoms with van der Waals surface area (Å²) in [6.07, 6.45) is 7.56. The van der Waals surface area contributed by atoms with E-state index in [2.05, 4.69) is 4.90 Å². The molecule has 0 bridgehead atoms. The molecule has 1 aliphatic heterocycles. The minimum absolute atomic E-state index is 0.0105. The van der Waals surface area contributed by atoms with Gasteiger partial charge in [-0.05, 0) is 19.3 Å². The Morgan fingerprint density at radius 1 is 1.05 bits per heavy atom. The summed E-state index contributed by atoms with van der Waals surface area (Å²) < 4.78 is 22.3. The van der Waals surface area contributed by atoms with Crippen molar-refractivity contribution in [3.63, 3.8) is 0 Å². The van der Waals surface area contributed by atoms with Crippen molar-refractivity contribution >= 4 is 15.7 Å². The van der Waals surface area contributed by atoms with Crippen LogP contribution in [-0.2, 0) is 14.6 Å². The molecule has 20 heavy (non-hydrogen) atoms. The summed E-state index contributed by atoms with van der Waals surface area (Å²) in [6.45, 7) is 3.53. The minimum atomic E-state index is -3.05. The first-order valence-corrected chi connectivity index (χ1v) is 9.71. The Morgan fingerprint density at radius 3 is 2.40 bits per heavy atom. The lowest BCUT2D eigenvalue weighted by Crippen LogP contribution is -2.38. The highest BCUT2D eigenvalue weighted by atomic mass is 32.2. The monoisotopic (exact) mass is 302 g/mol. The van der Waals surface area contributed by atoms with Crippen LogP contribution in [0.5, 0.6) is 0 Å². The molecule has 1 saturated heterocycles. The van der Waals surface area contributed by atoms with E-state index in [0.717, 1.165) is 32.6 Å². The molecule has 0 radical (unpaired) electrons. The normalized spacial score (nSPS) is 22.9. The lowest BCUT2D eigenvalue weighted by molar-refractivity contribution is -0.130. The van der Waals surface area contributed by atoms with Gasteiger partial charge in [-0.2, -0.15) is 0 Å². The number of sulfone groups is 1. The highest BCUT2D eigenvalue weighted by Crippen LogP contribution is 2.24. The molecule has 2 aliphatic rings. The molecule has 2 rings (SSSR count). The van der Waals surface area contributed by atoms with Crippen molar-refractivity contribution in [1.29, 1.82) is 0 Å². The molecule has 5 nitrogen and oxygen atoms in total. The third-order valence-corrected chi connectivity index (χ3v) is 5.36. The van der Waals surface area contributed by atoms with Gasteiger partial charge in [-0.25, -0.2) is 8.42 Å². The zero-order valence-corrected chi connectivity index (χ0v) is 13.2. The second kappa shape index (κ2) is 6.89. The topological polar surface area (TPSA) is 57.7 Å². The molecule has 1 aliphatic carbocycles. The van der Waals surface area contributed by atoms with E-state index in [0.29, 0.717) is 6.04 Å². The van der Waals surface area contributed by atoms with Gasteiger partial charge in [0.15, 0.2) is 0 Å². The van der Waals surface area contributed by atoms with Crippen LogP contribution in [-0.4, -0.2) is 68.4 Å². The molecule has 0 unspecified atom stereocenters. The summed E-state index contributed by atoms with van der Waals surface area (Å²) in [5.74, 6) is -0.0435. The fourth-order valence-corrected chi connectivity index (χ4v) is 3.80. The highest BCUT2D eigenvalue weighted by molar-refractivity contribution is 7.90. The molecular formula is C14H26N2O3S. The average Bonchev–Trinajstić information content (AvgIpc) is 2.80. The number of amides is 1. The van der Waals surface area contributed by atoms with Gasteiger partial charge in [-0.3, -0.25) is 9.69 Å². The molecule has 1 saturated carbocycles. The van der Waals surface area contributed by atoms with E-state index in [1.54, 1.807) is 0 Å². The molecule has 1 heterocycles. The zero-order valence-electron chi connectivity index (χ0n) is 12.4. The van der Waals surface area contributed by atoms with Crippen LogP contribution < -0.4 is 0 Å². The second-order valence-electron chi connectivity index (χ2n) is 6.09. The highest BCUT2D eigenvalue weighted by Gasteiger charge is 2.26. The average molecular weight is 302 g/mol.